The van der Waals surface area contributed by atoms with Gasteiger partial charge in [0.15, 0.2) is 0 Å². The van der Waals surface area contributed by atoms with Gasteiger partial charge in [-0.2, -0.15) is 0 Å². The number of aromatic nitrogens is 1. The zero-order valence-corrected chi connectivity index (χ0v) is 9.81. The molecular weight excluding hydrogens is 251 g/mol. The molecule has 0 saturated carbocycles. The summed E-state index contributed by atoms with van der Waals surface area (Å²) in [6, 6.07) is 6.59. The minimum Gasteiger partial charge on any atom is -0.507 e. The molecule has 1 amide bonds. The third-order valence-corrected chi connectivity index (χ3v) is 2.51. The lowest BCUT2D eigenvalue weighted by molar-refractivity contribution is 0.0948. The highest BCUT2D eigenvalue weighted by Gasteiger charge is 2.11. The monoisotopic (exact) mass is 262 g/mol. The van der Waals surface area contributed by atoms with Crippen LogP contribution < -0.4 is 10.9 Å². The van der Waals surface area contributed by atoms with Gasteiger partial charge < -0.3 is 15.4 Å². The smallest absolute Gasteiger partial charge is 0.256 e. The normalized spacial score (nSPS) is 10.2. The minimum atomic E-state index is -0.530. The SMILES string of the molecule is O=C(NCc1ccc(F)cc1)c1c[nH]c(=O)cc1O. The molecular formula is C13H11FN2O3. The summed E-state index contributed by atoms with van der Waals surface area (Å²) in [6.07, 6.45) is 1.14. The first-order valence-corrected chi connectivity index (χ1v) is 5.50. The van der Waals surface area contributed by atoms with Gasteiger partial charge in [0, 0.05) is 18.8 Å². The number of benzene rings is 1. The number of rotatable bonds is 3. The van der Waals surface area contributed by atoms with Gasteiger partial charge in [-0.05, 0) is 17.7 Å². The van der Waals surface area contributed by atoms with Crippen LogP contribution >= 0.6 is 0 Å². The fourth-order valence-corrected chi connectivity index (χ4v) is 1.52. The van der Waals surface area contributed by atoms with Gasteiger partial charge in [0.25, 0.3) is 11.5 Å². The number of H-pyrrole nitrogens is 1. The van der Waals surface area contributed by atoms with E-state index in [1.165, 1.54) is 12.1 Å². The van der Waals surface area contributed by atoms with Crippen LogP contribution in [0.4, 0.5) is 4.39 Å². The van der Waals surface area contributed by atoms with Gasteiger partial charge in [-0.15, -0.1) is 0 Å². The first-order chi connectivity index (χ1) is 9.06. The van der Waals surface area contributed by atoms with Crippen molar-refractivity contribution in [2.45, 2.75) is 6.54 Å². The summed E-state index contributed by atoms with van der Waals surface area (Å²) in [5.74, 6) is -1.27. The molecule has 5 nitrogen and oxygen atoms in total. The number of nitrogens with one attached hydrogen (secondary N) is 2. The Balaban J connectivity index is 2.05. The quantitative estimate of drug-likeness (QED) is 0.776. The van der Waals surface area contributed by atoms with Crippen LogP contribution in [0.5, 0.6) is 5.75 Å². The fraction of sp³-hybridized carbons (Fsp3) is 0.0769. The van der Waals surface area contributed by atoms with E-state index in [2.05, 4.69) is 10.3 Å². The van der Waals surface area contributed by atoms with E-state index in [0.717, 1.165) is 17.8 Å². The Morgan fingerprint density at radius 3 is 2.63 bits per heavy atom. The molecule has 0 saturated heterocycles. The molecule has 1 heterocycles. The molecule has 0 bridgehead atoms. The van der Waals surface area contributed by atoms with Crippen molar-refractivity contribution in [3.05, 3.63) is 63.8 Å². The molecule has 0 unspecified atom stereocenters. The van der Waals surface area contributed by atoms with Crippen LogP contribution in [-0.2, 0) is 6.54 Å². The van der Waals surface area contributed by atoms with E-state index in [9.17, 15) is 19.1 Å². The Bertz CT molecular complexity index is 650. The van der Waals surface area contributed by atoms with Crippen LogP contribution in [0.3, 0.4) is 0 Å². The molecule has 1 aromatic carbocycles. The van der Waals surface area contributed by atoms with Crippen molar-refractivity contribution < 1.29 is 14.3 Å². The van der Waals surface area contributed by atoms with E-state index in [1.54, 1.807) is 12.1 Å². The topological polar surface area (TPSA) is 82.2 Å². The average Bonchev–Trinajstić information content (AvgIpc) is 2.37. The van der Waals surface area contributed by atoms with Crippen molar-refractivity contribution in [3.63, 3.8) is 0 Å². The third-order valence-electron chi connectivity index (χ3n) is 2.51. The molecule has 0 spiro atoms. The van der Waals surface area contributed by atoms with Crippen molar-refractivity contribution in [2.75, 3.05) is 0 Å². The Morgan fingerprint density at radius 1 is 1.32 bits per heavy atom. The van der Waals surface area contributed by atoms with Gasteiger partial charge in [0.2, 0.25) is 0 Å². The molecule has 0 atom stereocenters. The van der Waals surface area contributed by atoms with Crippen LogP contribution in [0.2, 0.25) is 0 Å². The third kappa shape index (κ3) is 3.19. The predicted molar refractivity (Wildman–Crippen MR) is 66.3 cm³/mol. The zero-order valence-electron chi connectivity index (χ0n) is 9.81. The Kier molecular flexibility index (Phi) is 3.61. The van der Waals surface area contributed by atoms with E-state index < -0.39 is 11.5 Å². The molecule has 1 aromatic heterocycles. The first-order valence-electron chi connectivity index (χ1n) is 5.50. The standard InChI is InChI=1S/C13H11FN2O3/c14-9-3-1-8(2-4-9)6-16-13(19)10-7-15-12(18)5-11(10)17/h1-5,7H,6H2,(H,16,19)(H2,15,17,18). The lowest BCUT2D eigenvalue weighted by Crippen LogP contribution is -2.23. The minimum absolute atomic E-state index is 0.0262. The van der Waals surface area contributed by atoms with Gasteiger partial charge in [-0.25, -0.2) is 4.39 Å². The summed E-state index contributed by atoms with van der Waals surface area (Å²) in [6.45, 7) is 0.192. The number of hydrogen-bond acceptors (Lipinski definition) is 3. The number of aromatic amines is 1. The summed E-state index contributed by atoms with van der Waals surface area (Å²) in [4.78, 5) is 24.9. The predicted octanol–water partition coefficient (Wildman–Crippen LogP) is 1.15. The van der Waals surface area contributed by atoms with Crippen LogP contribution in [0.1, 0.15) is 15.9 Å². The number of halogens is 1. The number of amides is 1. The summed E-state index contributed by atoms with van der Waals surface area (Å²) in [5, 5.41) is 12.0. The number of aromatic hydroxyl groups is 1. The molecule has 6 heteroatoms. The molecule has 0 aliphatic heterocycles. The molecule has 0 radical (unpaired) electrons. The second-order valence-electron chi connectivity index (χ2n) is 3.91. The molecule has 2 aromatic rings. The Labute approximate surface area is 107 Å². The van der Waals surface area contributed by atoms with Crippen LogP contribution in [0.25, 0.3) is 0 Å². The number of carbonyl (C=O) groups excluding carboxylic acids is 1. The van der Waals surface area contributed by atoms with E-state index in [4.69, 9.17) is 0 Å². The lowest BCUT2D eigenvalue weighted by Gasteiger charge is -2.06. The maximum Gasteiger partial charge on any atom is 0.256 e. The van der Waals surface area contributed by atoms with Gasteiger partial charge in [0.1, 0.15) is 11.6 Å². The van der Waals surface area contributed by atoms with E-state index in [-0.39, 0.29) is 23.7 Å². The average molecular weight is 262 g/mol. The van der Waals surface area contributed by atoms with Gasteiger partial charge in [-0.1, -0.05) is 12.1 Å². The highest BCUT2D eigenvalue weighted by Crippen LogP contribution is 2.12. The summed E-state index contributed by atoms with van der Waals surface area (Å²) < 4.78 is 12.7. The molecule has 19 heavy (non-hydrogen) atoms. The summed E-state index contributed by atoms with van der Waals surface area (Å²) >= 11 is 0. The van der Waals surface area contributed by atoms with E-state index in [1.807, 2.05) is 0 Å². The fourth-order valence-electron chi connectivity index (χ4n) is 1.52. The second-order valence-corrected chi connectivity index (χ2v) is 3.91. The lowest BCUT2D eigenvalue weighted by atomic mass is 10.2. The summed E-state index contributed by atoms with van der Waals surface area (Å²) in [5.41, 5.74) is 0.202. The maximum atomic E-state index is 12.7. The van der Waals surface area contributed by atoms with Crippen LogP contribution in [0, 0.1) is 5.82 Å². The second kappa shape index (κ2) is 5.34. The number of hydrogen-bond donors (Lipinski definition) is 3. The van der Waals surface area contributed by atoms with Crippen molar-refractivity contribution in [3.8, 4) is 5.75 Å². The maximum absolute atomic E-state index is 12.7. The van der Waals surface area contributed by atoms with Gasteiger partial charge >= 0.3 is 0 Å². The van der Waals surface area contributed by atoms with Crippen molar-refractivity contribution in [1.82, 2.24) is 10.3 Å². The molecule has 0 aliphatic carbocycles. The highest BCUT2D eigenvalue weighted by molar-refractivity contribution is 5.96. The first kappa shape index (κ1) is 12.8. The largest absolute Gasteiger partial charge is 0.507 e. The highest BCUT2D eigenvalue weighted by atomic mass is 19.1. The van der Waals surface area contributed by atoms with E-state index >= 15 is 0 Å². The number of pyridine rings is 1. The van der Waals surface area contributed by atoms with Crippen molar-refractivity contribution >= 4 is 5.91 Å². The van der Waals surface area contributed by atoms with Gasteiger partial charge in [0.05, 0.1) is 5.56 Å². The van der Waals surface area contributed by atoms with Crippen LogP contribution in [-0.4, -0.2) is 16.0 Å². The van der Waals surface area contributed by atoms with Gasteiger partial charge in [-0.3, -0.25) is 9.59 Å². The zero-order chi connectivity index (χ0) is 13.8. The molecule has 2 rings (SSSR count). The van der Waals surface area contributed by atoms with Crippen molar-refractivity contribution in [1.29, 1.82) is 0 Å². The van der Waals surface area contributed by atoms with Crippen molar-refractivity contribution in [2.24, 2.45) is 0 Å². The number of carbonyl (C=O) groups is 1. The van der Waals surface area contributed by atoms with E-state index in [0.29, 0.717) is 0 Å². The molecule has 98 valence electrons. The molecule has 3 N–H and O–H groups in total. The Morgan fingerprint density at radius 2 is 2.00 bits per heavy atom. The van der Waals surface area contributed by atoms with Crippen LogP contribution in [0.15, 0.2) is 41.3 Å². The molecule has 0 aliphatic rings. The summed E-state index contributed by atoms with van der Waals surface area (Å²) in [7, 11) is 0. The molecule has 0 fully saturated rings. The Hall–Kier alpha value is -2.63.